The summed E-state index contributed by atoms with van der Waals surface area (Å²) in [6, 6.07) is 3.84. The minimum absolute atomic E-state index is 0.323. The third-order valence-electron chi connectivity index (χ3n) is 2.61. The Kier molecular flexibility index (Phi) is 4.31. The van der Waals surface area contributed by atoms with Gasteiger partial charge in [-0.3, -0.25) is 9.59 Å². The van der Waals surface area contributed by atoms with Gasteiger partial charge in [0, 0.05) is 24.9 Å². The third-order valence-corrected chi connectivity index (χ3v) is 2.61. The molecule has 17 heavy (non-hydrogen) atoms. The van der Waals surface area contributed by atoms with Gasteiger partial charge in [-0.2, -0.15) is 0 Å². The summed E-state index contributed by atoms with van der Waals surface area (Å²) in [6.45, 7) is 3.57. The Morgan fingerprint density at radius 3 is 2.71 bits per heavy atom. The van der Waals surface area contributed by atoms with E-state index >= 15 is 0 Å². The van der Waals surface area contributed by atoms with E-state index in [4.69, 9.17) is 0 Å². The maximum atomic E-state index is 11.8. The van der Waals surface area contributed by atoms with E-state index in [0.29, 0.717) is 13.0 Å². The summed E-state index contributed by atoms with van der Waals surface area (Å²) in [5.74, 6) is -0.856. The number of hydrogen-bond donors (Lipinski definition) is 2. The summed E-state index contributed by atoms with van der Waals surface area (Å²) in [5, 5.41) is 2.72. The molecule has 2 N–H and O–H groups in total. The molecular formula is C12H18N2O3. The predicted molar refractivity (Wildman–Crippen MR) is 63.3 cm³/mol. The zero-order chi connectivity index (χ0) is 12.9. The number of methoxy groups -OCH3 is 1. The Labute approximate surface area is 101 Å². The van der Waals surface area contributed by atoms with Crippen LogP contribution in [0.1, 0.15) is 19.5 Å². The van der Waals surface area contributed by atoms with Crippen LogP contribution in [0.4, 0.5) is 0 Å². The van der Waals surface area contributed by atoms with Crippen molar-refractivity contribution < 1.29 is 14.3 Å². The average Bonchev–Trinajstić information content (AvgIpc) is 2.80. The number of carbonyl (C=O) groups excluding carboxylic acids is 2. The quantitative estimate of drug-likeness (QED) is 0.590. The van der Waals surface area contributed by atoms with Gasteiger partial charge >= 0.3 is 5.97 Å². The molecule has 1 heterocycles. The van der Waals surface area contributed by atoms with Gasteiger partial charge in [0.2, 0.25) is 5.91 Å². The van der Waals surface area contributed by atoms with Crippen LogP contribution in [0, 0.1) is 5.41 Å². The predicted octanol–water partition coefficient (Wildman–Crippen LogP) is 0.873. The van der Waals surface area contributed by atoms with E-state index in [9.17, 15) is 9.59 Å². The number of nitrogens with one attached hydrogen (secondary N) is 2. The van der Waals surface area contributed by atoms with Crippen LogP contribution in [-0.2, 0) is 20.7 Å². The normalized spacial score (nSPS) is 11.0. The Hall–Kier alpha value is -1.78. The second-order valence-electron chi connectivity index (χ2n) is 4.32. The summed E-state index contributed by atoms with van der Waals surface area (Å²) < 4.78 is 4.58. The van der Waals surface area contributed by atoms with Crippen molar-refractivity contribution in [1.29, 1.82) is 0 Å². The number of ether oxygens (including phenoxy) is 1. The van der Waals surface area contributed by atoms with Gasteiger partial charge in [-0.1, -0.05) is 0 Å². The van der Waals surface area contributed by atoms with Crippen molar-refractivity contribution in [2.45, 2.75) is 20.3 Å². The lowest BCUT2D eigenvalue weighted by molar-refractivity contribution is -0.156. The van der Waals surface area contributed by atoms with Crippen molar-refractivity contribution in [1.82, 2.24) is 10.3 Å². The highest BCUT2D eigenvalue weighted by Crippen LogP contribution is 2.16. The summed E-state index contributed by atoms with van der Waals surface area (Å²) in [4.78, 5) is 26.2. The van der Waals surface area contributed by atoms with Crippen LogP contribution in [0.5, 0.6) is 0 Å². The van der Waals surface area contributed by atoms with E-state index in [0.717, 1.165) is 5.69 Å². The minimum atomic E-state index is -1.15. The third kappa shape index (κ3) is 3.34. The van der Waals surface area contributed by atoms with Crippen molar-refractivity contribution in [2.24, 2.45) is 5.41 Å². The number of H-pyrrole nitrogens is 1. The first kappa shape index (κ1) is 13.3. The highest BCUT2D eigenvalue weighted by atomic mass is 16.5. The first-order valence-electron chi connectivity index (χ1n) is 5.47. The molecular weight excluding hydrogens is 220 g/mol. The summed E-state index contributed by atoms with van der Waals surface area (Å²) in [7, 11) is 1.27. The largest absolute Gasteiger partial charge is 0.468 e. The first-order valence-corrected chi connectivity index (χ1v) is 5.47. The molecule has 0 aliphatic heterocycles. The zero-order valence-corrected chi connectivity index (χ0v) is 10.4. The highest BCUT2D eigenvalue weighted by molar-refractivity contribution is 6.01. The second-order valence-corrected chi connectivity index (χ2v) is 4.32. The molecule has 1 amide bonds. The van der Waals surface area contributed by atoms with Gasteiger partial charge < -0.3 is 15.0 Å². The topological polar surface area (TPSA) is 71.2 Å². The molecule has 0 atom stereocenters. The average molecular weight is 238 g/mol. The minimum Gasteiger partial charge on any atom is -0.468 e. The summed E-state index contributed by atoms with van der Waals surface area (Å²) in [5.41, 5.74) is -0.106. The molecule has 0 aliphatic rings. The number of carbonyl (C=O) groups is 2. The lowest BCUT2D eigenvalue weighted by Crippen LogP contribution is -2.43. The maximum Gasteiger partial charge on any atom is 0.320 e. The van der Waals surface area contributed by atoms with Gasteiger partial charge in [0.1, 0.15) is 5.41 Å². The second kappa shape index (κ2) is 5.52. The van der Waals surface area contributed by atoms with E-state index < -0.39 is 11.4 Å². The molecule has 0 unspecified atom stereocenters. The number of aromatic nitrogens is 1. The van der Waals surface area contributed by atoms with Crippen molar-refractivity contribution in [2.75, 3.05) is 13.7 Å². The van der Waals surface area contributed by atoms with Gasteiger partial charge in [-0.25, -0.2) is 0 Å². The monoisotopic (exact) mass is 238 g/mol. The van der Waals surface area contributed by atoms with Crippen molar-refractivity contribution in [3.63, 3.8) is 0 Å². The van der Waals surface area contributed by atoms with Crippen molar-refractivity contribution in [3.8, 4) is 0 Å². The van der Waals surface area contributed by atoms with Crippen LogP contribution in [0.3, 0.4) is 0 Å². The van der Waals surface area contributed by atoms with Gasteiger partial charge in [-0.05, 0) is 26.0 Å². The van der Waals surface area contributed by atoms with E-state index in [1.807, 2.05) is 18.3 Å². The molecule has 0 saturated heterocycles. The number of esters is 1. The molecule has 1 aromatic rings. The molecule has 1 aromatic heterocycles. The van der Waals surface area contributed by atoms with Crippen LogP contribution in [-0.4, -0.2) is 30.5 Å². The van der Waals surface area contributed by atoms with Gasteiger partial charge in [0.15, 0.2) is 0 Å². The molecule has 5 nitrogen and oxygen atoms in total. The van der Waals surface area contributed by atoms with Gasteiger partial charge in [-0.15, -0.1) is 0 Å². The lowest BCUT2D eigenvalue weighted by atomic mass is 9.92. The fourth-order valence-corrected chi connectivity index (χ4v) is 1.40. The Balaban J connectivity index is 2.41. The van der Waals surface area contributed by atoms with Gasteiger partial charge in [0.25, 0.3) is 0 Å². The number of aromatic amines is 1. The molecule has 0 saturated carbocycles. The molecule has 0 spiro atoms. The standard InChI is InChI=1S/C12H18N2O3/c1-12(2,11(16)17-3)10(15)14-8-6-9-5-4-7-13-9/h4-5,7,13H,6,8H2,1-3H3,(H,14,15). The highest BCUT2D eigenvalue weighted by Gasteiger charge is 2.36. The molecule has 0 aromatic carbocycles. The van der Waals surface area contributed by atoms with Crippen LogP contribution in [0.15, 0.2) is 18.3 Å². The maximum absolute atomic E-state index is 11.8. The Bertz CT molecular complexity index is 382. The molecule has 94 valence electrons. The van der Waals surface area contributed by atoms with Crippen molar-refractivity contribution >= 4 is 11.9 Å². The molecule has 5 heteroatoms. The van der Waals surface area contributed by atoms with Crippen LogP contribution >= 0.6 is 0 Å². The first-order chi connectivity index (χ1) is 7.98. The van der Waals surface area contributed by atoms with Crippen LogP contribution < -0.4 is 5.32 Å². The smallest absolute Gasteiger partial charge is 0.320 e. The molecule has 0 fully saturated rings. The number of amides is 1. The molecule has 1 rings (SSSR count). The summed E-state index contributed by atoms with van der Waals surface area (Å²) in [6.07, 6.45) is 2.53. The molecule has 0 bridgehead atoms. The van der Waals surface area contributed by atoms with E-state index in [1.54, 1.807) is 13.8 Å². The van der Waals surface area contributed by atoms with E-state index in [1.165, 1.54) is 7.11 Å². The zero-order valence-electron chi connectivity index (χ0n) is 10.4. The van der Waals surface area contributed by atoms with Crippen LogP contribution in [0.25, 0.3) is 0 Å². The fraction of sp³-hybridized carbons (Fsp3) is 0.500. The van der Waals surface area contributed by atoms with E-state index in [2.05, 4.69) is 15.0 Å². The number of rotatable bonds is 5. The Morgan fingerprint density at radius 2 is 2.18 bits per heavy atom. The van der Waals surface area contributed by atoms with E-state index in [-0.39, 0.29) is 5.91 Å². The molecule has 0 aliphatic carbocycles. The summed E-state index contributed by atoms with van der Waals surface area (Å²) >= 11 is 0. The fourth-order valence-electron chi connectivity index (χ4n) is 1.40. The molecule has 0 radical (unpaired) electrons. The Morgan fingerprint density at radius 1 is 1.47 bits per heavy atom. The number of hydrogen-bond acceptors (Lipinski definition) is 3. The van der Waals surface area contributed by atoms with Crippen molar-refractivity contribution in [3.05, 3.63) is 24.0 Å². The van der Waals surface area contributed by atoms with Gasteiger partial charge in [0.05, 0.1) is 7.11 Å². The van der Waals surface area contributed by atoms with Crippen LogP contribution in [0.2, 0.25) is 0 Å². The lowest BCUT2D eigenvalue weighted by Gasteiger charge is -2.20. The SMILES string of the molecule is COC(=O)C(C)(C)C(=O)NCCc1ccc[nH]1.